The van der Waals surface area contributed by atoms with E-state index in [0.29, 0.717) is 51.3 Å². The van der Waals surface area contributed by atoms with E-state index in [1.165, 1.54) is 21.1 Å². The molecule has 3 amide bonds. The van der Waals surface area contributed by atoms with Crippen molar-refractivity contribution in [1.82, 2.24) is 19.7 Å². The number of aliphatic hydroxyl groups is 2. The normalized spacial score (nSPS) is 20.0. The van der Waals surface area contributed by atoms with E-state index >= 15 is 0 Å². The van der Waals surface area contributed by atoms with Crippen molar-refractivity contribution in [3.63, 3.8) is 0 Å². The third-order valence-electron chi connectivity index (χ3n) is 9.66. The summed E-state index contributed by atoms with van der Waals surface area (Å²) >= 11 is 1.39. The number of carbonyl (C=O) groups excluding carboxylic acids is 4. The molecule has 2 heterocycles. The first-order valence-corrected chi connectivity index (χ1v) is 18.4. The Bertz CT molecular complexity index is 1150. The highest BCUT2D eigenvalue weighted by Gasteiger charge is 2.39. The topological polar surface area (TPSA) is 150 Å². The molecule has 3 fully saturated rings. The molecule has 2 atom stereocenters. The molecule has 2 saturated carbocycles. The van der Waals surface area contributed by atoms with Crippen molar-refractivity contribution in [2.45, 2.75) is 128 Å². The zero-order valence-corrected chi connectivity index (χ0v) is 29.0. The Labute approximate surface area is 282 Å². The molecule has 3 aliphatic rings. The summed E-state index contributed by atoms with van der Waals surface area (Å²) in [5.41, 5.74) is 1.22. The summed E-state index contributed by atoms with van der Waals surface area (Å²) in [6, 6.07) is -0.851. The molecule has 0 spiro atoms. The van der Waals surface area contributed by atoms with Crippen LogP contribution in [0.2, 0.25) is 0 Å². The second kappa shape index (κ2) is 18.2. The minimum absolute atomic E-state index is 0.0305. The molecule has 0 bridgehead atoms. The van der Waals surface area contributed by atoms with Crippen LogP contribution in [0.3, 0.4) is 0 Å². The molecule has 4 rings (SSSR count). The van der Waals surface area contributed by atoms with Crippen LogP contribution in [-0.2, 0) is 35.2 Å². The average Bonchev–Trinajstić information content (AvgIpc) is 3.58. The minimum Gasteiger partial charge on any atom is -0.461 e. The summed E-state index contributed by atoms with van der Waals surface area (Å²) in [4.78, 5) is 63.1. The van der Waals surface area contributed by atoms with Crippen LogP contribution in [0.5, 0.6) is 0 Å². The monoisotopic (exact) mass is 678 g/mol. The average molecular weight is 679 g/mol. The maximum Gasteiger partial charge on any atom is 0.337 e. The molecular weight excluding hydrogens is 624 g/mol. The lowest BCUT2D eigenvalue weighted by Gasteiger charge is -2.38. The van der Waals surface area contributed by atoms with Gasteiger partial charge in [0, 0.05) is 37.9 Å². The van der Waals surface area contributed by atoms with Crippen LogP contribution < -0.4 is 0 Å². The number of ether oxygens (including phenoxy) is 2. The van der Waals surface area contributed by atoms with Gasteiger partial charge in [0.25, 0.3) is 0 Å². The number of thiazole rings is 1. The van der Waals surface area contributed by atoms with E-state index in [-0.39, 0.29) is 50.2 Å². The van der Waals surface area contributed by atoms with Gasteiger partial charge in [-0.25, -0.2) is 9.78 Å². The van der Waals surface area contributed by atoms with Gasteiger partial charge in [-0.05, 0) is 39.0 Å². The van der Waals surface area contributed by atoms with E-state index in [4.69, 9.17) is 9.47 Å². The van der Waals surface area contributed by atoms with E-state index in [2.05, 4.69) is 4.98 Å². The molecule has 1 aromatic rings. The molecule has 47 heavy (non-hydrogen) atoms. The van der Waals surface area contributed by atoms with Crippen LogP contribution in [0.1, 0.15) is 103 Å². The lowest BCUT2D eigenvalue weighted by Crippen LogP contribution is -2.53. The molecule has 264 valence electrons. The van der Waals surface area contributed by atoms with Crippen LogP contribution in [0.25, 0.3) is 0 Å². The third-order valence-corrected chi connectivity index (χ3v) is 10.3. The Balaban J connectivity index is 1.52. The standard InChI is InChI=1S/C34H54N4O8S/c1-25(2)46-33(43)32(42)28(19-26-9-5-3-6-10-26)38(20-27-22-47-24-35-27)30(40)12-11-29(39)37(23-34(44)13-7-4-8-14-34)21-31(41)36-15-17-45-18-16-36/h22,24-26,28,32,42,44H,3-21,23H2,1-2H3/t28-,32+/m0/s1. The Morgan fingerprint density at radius 1 is 1.04 bits per heavy atom. The smallest absolute Gasteiger partial charge is 0.337 e. The van der Waals surface area contributed by atoms with Gasteiger partial charge in [0.15, 0.2) is 6.10 Å². The number of hydrogen-bond donors (Lipinski definition) is 2. The van der Waals surface area contributed by atoms with Crippen molar-refractivity contribution in [2.24, 2.45) is 5.92 Å². The molecule has 0 unspecified atom stereocenters. The number of nitrogens with zero attached hydrogens (tertiary/aromatic N) is 4. The fraction of sp³-hybridized carbons (Fsp3) is 0.794. The highest BCUT2D eigenvalue weighted by Crippen LogP contribution is 2.32. The molecule has 1 aromatic heterocycles. The molecule has 1 saturated heterocycles. The van der Waals surface area contributed by atoms with E-state index in [1.807, 2.05) is 5.38 Å². The molecule has 12 nitrogen and oxygen atoms in total. The Morgan fingerprint density at radius 3 is 2.34 bits per heavy atom. The van der Waals surface area contributed by atoms with Crippen LogP contribution in [-0.4, -0.2) is 117 Å². The van der Waals surface area contributed by atoms with Crippen LogP contribution in [0.4, 0.5) is 0 Å². The number of amides is 3. The van der Waals surface area contributed by atoms with E-state index < -0.39 is 35.7 Å². The van der Waals surface area contributed by atoms with Crippen molar-refractivity contribution >= 4 is 35.0 Å². The minimum atomic E-state index is -1.55. The number of aromatic nitrogens is 1. The second-order valence-electron chi connectivity index (χ2n) is 13.8. The van der Waals surface area contributed by atoms with Gasteiger partial charge in [-0.1, -0.05) is 51.4 Å². The number of morpholine rings is 1. The summed E-state index contributed by atoms with van der Waals surface area (Å²) in [6.07, 6.45) is 7.08. The molecule has 1 aliphatic heterocycles. The maximum atomic E-state index is 14.1. The van der Waals surface area contributed by atoms with Gasteiger partial charge in [0.05, 0.1) is 55.3 Å². The summed E-state index contributed by atoms with van der Waals surface area (Å²) in [5, 5.41) is 24.5. The quantitative estimate of drug-likeness (QED) is 0.267. The van der Waals surface area contributed by atoms with Crippen LogP contribution in [0, 0.1) is 5.92 Å². The summed E-state index contributed by atoms with van der Waals surface area (Å²) in [5.74, 6) is -1.53. The fourth-order valence-electron chi connectivity index (χ4n) is 7.08. The summed E-state index contributed by atoms with van der Waals surface area (Å²) < 4.78 is 10.8. The number of esters is 1. The van der Waals surface area contributed by atoms with Gasteiger partial charge >= 0.3 is 5.97 Å². The van der Waals surface area contributed by atoms with E-state index in [0.717, 1.165) is 51.4 Å². The predicted molar refractivity (Wildman–Crippen MR) is 176 cm³/mol. The predicted octanol–water partition coefficient (Wildman–Crippen LogP) is 3.29. The third kappa shape index (κ3) is 11.5. The summed E-state index contributed by atoms with van der Waals surface area (Å²) in [6.45, 7) is 5.12. The zero-order valence-electron chi connectivity index (χ0n) is 28.1. The SMILES string of the molecule is CC(C)OC(=O)[C@H](O)[C@H](CC1CCCCC1)N(Cc1cscn1)C(=O)CCC(=O)N(CC(=O)N1CCOCC1)CC1(O)CCCCC1. The van der Waals surface area contributed by atoms with Crippen molar-refractivity contribution < 1.29 is 38.9 Å². The summed E-state index contributed by atoms with van der Waals surface area (Å²) in [7, 11) is 0. The number of aliphatic hydroxyl groups excluding tert-OH is 1. The fourth-order valence-corrected chi connectivity index (χ4v) is 7.63. The van der Waals surface area contributed by atoms with Crippen molar-refractivity contribution in [3.8, 4) is 0 Å². The molecule has 2 N–H and O–H groups in total. The Kier molecular flexibility index (Phi) is 14.4. The van der Waals surface area contributed by atoms with Crippen molar-refractivity contribution in [3.05, 3.63) is 16.6 Å². The van der Waals surface area contributed by atoms with Crippen molar-refractivity contribution in [2.75, 3.05) is 39.4 Å². The molecule has 0 radical (unpaired) electrons. The van der Waals surface area contributed by atoms with Crippen molar-refractivity contribution in [1.29, 1.82) is 0 Å². The molecule has 2 aliphatic carbocycles. The highest BCUT2D eigenvalue weighted by atomic mass is 32.1. The van der Waals surface area contributed by atoms with Gasteiger partial charge in [0.1, 0.15) is 0 Å². The van der Waals surface area contributed by atoms with Crippen LogP contribution in [0.15, 0.2) is 10.9 Å². The number of carbonyl (C=O) groups is 4. The van der Waals surface area contributed by atoms with Crippen LogP contribution >= 0.6 is 11.3 Å². The Morgan fingerprint density at radius 2 is 1.70 bits per heavy atom. The lowest BCUT2D eigenvalue weighted by molar-refractivity contribution is -0.164. The van der Waals surface area contributed by atoms with Gasteiger partial charge in [-0.15, -0.1) is 11.3 Å². The molecule has 13 heteroatoms. The molecular formula is C34H54N4O8S. The maximum absolute atomic E-state index is 14.1. The molecule has 0 aromatic carbocycles. The number of rotatable bonds is 15. The second-order valence-corrected chi connectivity index (χ2v) is 14.5. The van der Waals surface area contributed by atoms with E-state index in [1.54, 1.807) is 24.3 Å². The van der Waals surface area contributed by atoms with Gasteiger partial charge < -0.3 is 34.4 Å². The largest absolute Gasteiger partial charge is 0.461 e. The Hall–Kier alpha value is -2.61. The van der Waals surface area contributed by atoms with E-state index in [9.17, 15) is 29.4 Å². The first kappa shape index (κ1) is 37.2. The number of hydrogen-bond acceptors (Lipinski definition) is 10. The highest BCUT2D eigenvalue weighted by molar-refractivity contribution is 7.07. The first-order valence-electron chi connectivity index (χ1n) is 17.5. The first-order chi connectivity index (χ1) is 22.5. The van der Waals surface area contributed by atoms with Gasteiger partial charge in [-0.3, -0.25) is 14.4 Å². The van der Waals surface area contributed by atoms with Gasteiger partial charge in [-0.2, -0.15) is 0 Å². The lowest BCUT2D eigenvalue weighted by atomic mass is 9.83. The zero-order chi connectivity index (χ0) is 33.8. The van der Waals surface area contributed by atoms with Gasteiger partial charge in [0.2, 0.25) is 17.7 Å².